The fourth-order valence-corrected chi connectivity index (χ4v) is 4.14. The highest BCUT2D eigenvalue weighted by Gasteiger charge is 2.26. The van der Waals surface area contributed by atoms with E-state index in [4.69, 9.17) is 9.47 Å². The minimum Gasteiger partial charge on any atom is -0.497 e. The number of rotatable bonds is 6. The summed E-state index contributed by atoms with van der Waals surface area (Å²) in [6, 6.07) is 7.73. The number of amides is 1. The number of benzene rings is 1. The van der Waals surface area contributed by atoms with Crippen molar-refractivity contribution in [2.24, 2.45) is 0 Å². The molecule has 1 aliphatic rings. The van der Waals surface area contributed by atoms with Crippen molar-refractivity contribution in [3.8, 4) is 17.1 Å². The molecule has 0 bridgehead atoms. The maximum Gasteiger partial charge on any atom is 0.233 e. The smallest absolute Gasteiger partial charge is 0.233 e. The van der Waals surface area contributed by atoms with Gasteiger partial charge in [-0.05, 0) is 45.0 Å². The Bertz CT molecular complexity index is 768. The van der Waals surface area contributed by atoms with E-state index in [1.54, 1.807) is 7.11 Å². The molecule has 2 aromatic rings. The van der Waals surface area contributed by atoms with Gasteiger partial charge in [-0.2, -0.15) is 0 Å². The molecule has 2 heterocycles. The molecule has 7 nitrogen and oxygen atoms in total. The first-order valence-corrected chi connectivity index (χ1v) is 10.1. The molecule has 0 unspecified atom stereocenters. The van der Waals surface area contributed by atoms with Gasteiger partial charge in [0.25, 0.3) is 0 Å². The van der Waals surface area contributed by atoms with Crippen LogP contribution in [0.25, 0.3) is 11.4 Å². The van der Waals surface area contributed by atoms with E-state index in [1.807, 2.05) is 54.5 Å². The van der Waals surface area contributed by atoms with Gasteiger partial charge in [-0.1, -0.05) is 11.8 Å². The van der Waals surface area contributed by atoms with Crippen LogP contribution in [0.4, 0.5) is 0 Å². The van der Waals surface area contributed by atoms with Crippen molar-refractivity contribution >= 4 is 17.7 Å². The molecule has 1 aliphatic heterocycles. The molecule has 0 radical (unpaired) electrons. The maximum atomic E-state index is 12.6. The predicted octanol–water partition coefficient (Wildman–Crippen LogP) is 2.70. The van der Waals surface area contributed by atoms with Gasteiger partial charge in [0, 0.05) is 25.2 Å². The van der Waals surface area contributed by atoms with E-state index in [2.05, 4.69) is 10.2 Å². The van der Waals surface area contributed by atoms with E-state index >= 15 is 0 Å². The number of morpholine rings is 1. The van der Waals surface area contributed by atoms with E-state index < -0.39 is 0 Å². The Hall–Kier alpha value is -2.06. The Labute approximate surface area is 164 Å². The Morgan fingerprint density at radius 3 is 2.48 bits per heavy atom. The number of aromatic nitrogens is 3. The first-order valence-electron chi connectivity index (χ1n) is 9.15. The van der Waals surface area contributed by atoms with Gasteiger partial charge >= 0.3 is 0 Å². The lowest BCUT2D eigenvalue weighted by molar-refractivity contribution is -0.140. The first-order chi connectivity index (χ1) is 13.0. The first kappa shape index (κ1) is 19.7. The molecule has 8 heteroatoms. The lowest BCUT2D eigenvalue weighted by atomic mass is 10.2. The molecule has 0 aliphatic carbocycles. The van der Waals surface area contributed by atoms with E-state index in [1.165, 1.54) is 11.8 Å². The van der Waals surface area contributed by atoms with Gasteiger partial charge in [0.15, 0.2) is 11.0 Å². The molecule has 0 spiro atoms. The van der Waals surface area contributed by atoms with Crippen molar-refractivity contribution in [3.05, 3.63) is 24.3 Å². The SMILES string of the molecule is CCn1c(SCC(=O)N2C[C@H](C)O[C@@H](C)C2)nnc1-c1ccc(OC)cc1. The second kappa shape index (κ2) is 8.75. The normalized spacial score (nSPS) is 19.9. The number of nitrogens with zero attached hydrogens (tertiary/aromatic N) is 4. The second-order valence-electron chi connectivity index (χ2n) is 6.62. The highest BCUT2D eigenvalue weighted by molar-refractivity contribution is 7.99. The lowest BCUT2D eigenvalue weighted by Crippen LogP contribution is -2.48. The van der Waals surface area contributed by atoms with Gasteiger partial charge in [-0.25, -0.2) is 0 Å². The van der Waals surface area contributed by atoms with Crippen LogP contribution in [0.5, 0.6) is 5.75 Å². The fraction of sp³-hybridized carbons (Fsp3) is 0.526. The Morgan fingerprint density at radius 2 is 1.89 bits per heavy atom. The van der Waals surface area contributed by atoms with E-state index in [9.17, 15) is 4.79 Å². The van der Waals surface area contributed by atoms with Crippen LogP contribution < -0.4 is 4.74 Å². The van der Waals surface area contributed by atoms with Crippen LogP contribution >= 0.6 is 11.8 Å². The van der Waals surface area contributed by atoms with Crippen molar-refractivity contribution in [2.75, 3.05) is 26.0 Å². The molecule has 27 heavy (non-hydrogen) atoms. The number of hydrogen-bond acceptors (Lipinski definition) is 6. The number of hydrogen-bond donors (Lipinski definition) is 0. The summed E-state index contributed by atoms with van der Waals surface area (Å²) in [6.07, 6.45) is 0.146. The summed E-state index contributed by atoms with van der Waals surface area (Å²) in [4.78, 5) is 14.5. The minimum atomic E-state index is 0.0728. The summed E-state index contributed by atoms with van der Waals surface area (Å²) in [7, 11) is 1.64. The van der Waals surface area contributed by atoms with Gasteiger partial charge in [-0.15, -0.1) is 10.2 Å². The zero-order valence-corrected chi connectivity index (χ0v) is 17.0. The average molecular weight is 391 g/mol. The molecule has 2 atom stereocenters. The highest BCUT2D eigenvalue weighted by Crippen LogP contribution is 2.26. The van der Waals surface area contributed by atoms with Crippen LogP contribution in [0.2, 0.25) is 0 Å². The second-order valence-corrected chi connectivity index (χ2v) is 7.57. The van der Waals surface area contributed by atoms with Crippen LogP contribution in [0.1, 0.15) is 20.8 Å². The monoisotopic (exact) mass is 390 g/mol. The Morgan fingerprint density at radius 1 is 1.22 bits per heavy atom. The maximum absolute atomic E-state index is 12.6. The predicted molar refractivity (Wildman–Crippen MR) is 105 cm³/mol. The summed E-state index contributed by atoms with van der Waals surface area (Å²) in [5.74, 6) is 2.05. The standard InChI is InChI=1S/C19H26N4O3S/c1-5-23-18(15-6-8-16(25-4)9-7-15)20-21-19(23)27-12-17(24)22-10-13(2)26-14(3)11-22/h6-9,13-14H,5,10-12H2,1-4H3/t13-,14-/m0/s1. The number of carbonyl (C=O) groups excluding carboxylic acids is 1. The van der Waals surface area contributed by atoms with Crippen LogP contribution in [0, 0.1) is 0 Å². The minimum absolute atomic E-state index is 0.0728. The molecule has 1 aromatic heterocycles. The average Bonchev–Trinajstić information content (AvgIpc) is 3.08. The topological polar surface area (TPSA) is 69.5 Å². The molecule has 0 N–H and O–H groups in total. The van der Waals surface area contributed by atoms with Gasteiger partial charge in [-0.3, -0.25) is 4.79 Å². The zero-order valence-electron chi connectivity index (χ0n) is 16.2. The van der Waals surface area contributed by atoms with Crippen LogP contribution in [0.15, 0.2) is 29.4 Å². The fourth-order valence-electron chi connectivity index (χ4n) is 3.23. The summed E-state index contributed by atoms with van der Waals surface area (Å²) < 4.78 is 12.9. The molecule has 1 saturated heterocycles. The molecule has 0 saturated carbocycles. The van der Waals surface area contributed by atoms with Crippen LogP contribution in [-0.4, -0.2) is 63.7 Å². The third kappa shape index (κ3) is 4.62. The molecule has 3 rings (SSSR count). The summed E-state index contributed by atoms with van der Waals surface area (Å²) >= 11 is 1.43. The quantitative estimate of drug-likeness (QED) is 0.707. The number of thioether (sulfide) groups is 1. The third-order valence-electron chi connectivity index (χ3n) is 4.48. The van der Waals surface area contributed by atoms with Crippen molar-refractivity contribution < 1.29 is 14.3 Å². The van der Waals surface area contributed by atoms with Crippen molar-refractivity contribution in [1.29, 1.82) is 0 Å². The molecular weight excluding hydrogens is 364 g/mol. The summed E-state index contributed by atoms with van der Waals surface area (Å²) in [5.41, 5.74) is 0.971. The Balaban J connectivity index is 1.68. The molecular formula is C19H26N4O3S. The molecule has 1 aromatic carbocycles. The van der Waals surface area contributed by atoms with Gasteiger partial charge in [0.05, 0.1) is 25.1 Å². The number of methoxy groups -OCH3 is 1. The number of ether oxygens (including phenoxy) is 2. The van der Waals surface area contributed by atoms with Crippen LogP contribution in [0.3, 0.4) is 0 Å². The van der Waals surface area contributed by atoms with Crippen molar-refractivity contribution in [2.45, 2.75) is 44.7 Å². The van der Waals surface area contributed by atoms with Crippen LogP contribution in [-0.2, 0) is 16.1 Å². The zero-order chi connectivity index (χ0) is 19.4. The van der Waals surface area contributed by atoms with Crippen molar-refractivity contribution in [1.82, 2.24) is 19.7 Å². The highest BCUT2D eigenvalue weighted by atomic mass is 32.2. The van der Waals surface area contributed by atoms with E-state index in [-0.39, 0.29) is 18.1 Å². The van der Waals surface area contributed by atoms with E-state index in [0.29, 0.717) is 18.8 Å². The van der Waals surface area contributed by atoms with E-state index in [0.717, 1.165) is 28.8 Å². The number of carbonyl (C=O) groups is 1. The lowest BCUT2D eigenvalue weighted by Gasteiger charge is -2.35. The summed E-state index contributed by atoms with van der Waals surface area (Å²) in [6.45, 7) is 8.06. The van der Waals surface area contributed by atoms with Gasteiger partial charge < -0.3 is 18.9 Å². The van der Waals surface area contributed by atoms with Crippen molar-refractivity contribution in [3.63, 3.8) is 0 Å². The molecule has 146 valence electrons. The molecule has 1 fully saturated rings. The third-order valence-corrected chi connectivity index (χ3v) is 5.43. The van der Waals surface area contributed by atoms with Gasteiger partial charge in [0.1, 0.15) is 5.75 Å². The molecule has 1 amide bonds. The largest absolute Gasteiger partial charge is 0.497 e. The summed E-state index contributed by atoms with van der Waals surface area (Å²) in [5, 5.41) is 9.39. The Kier molecular flexibility index (Phi) is 6.38. The van der Waals surface area contributed by atoms with Gasteiger partial charge in [0.2, 0.25) is 5.91 Å².